The Hall–Kier alpha value is -1.08. The molecule has 0 spiro atoms. The molecule has 18 heavy (non-hydrogen) atoms. The highest BCUT2D eigenvalue weighted by Crippen LogP contribution is 2.38. The lowest BCUT2D eigenvalue weighted by molar-refractivity contribution is -0.119. The van der Waals surface area contributed by atoms with Crippen molar-refractivity contribution < 1.29 is 9.53 Å². The predicted molar refractivity (Wildman–Crippen MR) is 68.6 cm³/mol. The number of ether oxygens (including phenoxy) is 1. The van der Waals surface area contributed by atoms with Crippen molar-refractivity contribution in [2.24, 2.45) is 0 Å². The molecule has 2 N–H and O–H groups in total. The van der Waals surface area contributed by atoms with Crippen molar-refractivity contribution in [3.05, 3.63) is 5.82 Å². The summed E-state index contributed by atoms with van der Waals surface area (Å²) in [7, 11) is 1.62. The van der Waals surface area contributed by atoms with Gasteiger partial charge in [0.2, 0.25) is 11.1 Å². The Balaban J connectivity index is 1.71. The fourth-order valence-corrected chi connectivity index (χ4v) is 2.22. The lowest BCUT2D eigenvalue weighted by atomic mass is 10.3. The van der Waals surface area contributed by atoms with Crippen LogP contribution in [0.3, 0.4) is 0 Å². The third-order valence-electron chi connectivity index (χ3n) is 2.60. The molecule has 1 unspecified atom stereocenters. The Kier molecular flexibility index (Phi) is 4.60. The molecule has 6 nitrogen and oxygen atoms in total. The minimum atomic E-state index is -0.0256. The van der Waals surface area contributed by atoms with Crippen LogP contribution < -0.4 is 5.32 Å². The van der Waals surface area contributed by atoms with Gasteiger partial charge in [0.25, 0.3) is 0 Å². The highest BCUT2D eigenvalue weighted by atomic mass is 32.2. The zero-order valence-electron chi connectivity index (χ0n) is 10.6. The first-order valence-corrected chi connectivity index (χ1v) is 7.01. The lowest BCUT2D eigenvalue weighted by Crippen LogP contribution is -2.36. The first kappa shape index (κ1) is 13.4. The number of nitrogens with one attached hydrogen (secondary N) is 2. The van der Waals surface area contributed by atoms with Crippen molar-refractivity contribution in [3.8, 4) is 0 Å². The maximum atomic E-state index is 11.6. The van der Waals surface area contributed by atoms with E-state index >= 15 is 0 Å². The van der Waals surface area contributed by atoms with E-state index in [1.807, 2.05) is 6.92 Å². The number of carbonyl (C=O) groups excluding carboxylic acids is 1. The summed E-state index contributed by atoms with van der Waals surface area (Å²) < 4.78 is 4.95. The number of aromatic nitrogens is 3. The van der Waals surface area contributed by atoms with E-state index in [-0.39, 0.29) is 11.9 Å². The summed E-state index contributed by atoms with van der Waals surface area (Å²) in [6, 6.07) is 0.0252. The van der Waals surface area contributed by atoms with E-state index in [1.54, 1.807) is 7.11 Å². The van der Waals surface area contributed by atoms with Crippen molar-refractivity contribution in [3.63, 3.8) is 0 Å². The summed E-state index contributed by atoms with van der Waals surface area (Å²) >= 11 is 1.35. The molecular weight excluding hydrogens is 252 g/mol. The number of methoxy groups -OCH3 is 1. The average molecular weight is 270 g/mol. The molecule has 1 heterocycles. The fourth-order valence-electron chi connectivity index (χ4n) is 1.60. The molecule has 1 aliphatic rings. The molecule has 0 bridgehead atoms. The van der Waals surface area contributed by atoms with Crippen molar-refractivity contribution in [2.75, 3.05) is 19.5 Å². The van der Waals surface area contributed by atoms with Gasteiger partial charge in [-0.2, -0.15) is 0 Å². The second kappa shape index (κ2) is 6.19. The second-order valence-corrected chi connectivity index (χ2v) is 5.43. The molecule has 1 aromatic rings. The average Bonchev–Trinajstić information content (AvgIpc) is 3.06. The second-order valence-electron chi connectivity index (χ2n) is 4.49. The number of H-pyrrole nitrogens is 1. The van der Waals surface area contributed by atoms with Crippen LogP contribution in [0.4, 0.5) is 0 Å². The van der Waals surface area contributed by atoms with Crippen LogP contribution in [0.5, 0.6) is 0 Å². The molecule has 0 radical (unpaired) electrons. The Labute approximate surface area is 110 Å². The molecule has 0 aromatic carbocycles. The van der Waals surface area contributed by atoms with Crippen LogP contribution in [0.25, 0.3) is 0 Å². The van der Waals surface area contributed by atoms with E-state index in [2.05, 4.69) is 20.5 Å². The zero-order valence-corrected chi connectivity index (χ0v) is 11.4. The van der Waals surface area contributed by atoms with Crippen LogP contribution in [0.2, 0.25) is 0 Å². The minimum Gasteiger partial charge on any atom is -0.383 e. The first-order valence-electron chi connectivity index (χ1n) is 6.02. The number of amides is 1. The van der Waals surface area contributed by atoms with Gasteiger partial charge in [-0.25, -0.2) is 4.98 Å². The predicted octanol–water partition coefficient (Wildman–Crippen LogP) is 0.925. The number of nitrogens with zero attached hydrogens (tertiary/aromatic N) is 2. The van der Waals surface area contributed by atoms with Gasteiger partial charge in [-0.1, -0.05) is 11.8 Å². The van der Waals surface area contributed by atoms with Crippen molar-refractivity contribution in [1.29, 1.82) is 0 Å². The van der Waals surface area contributed by atoms with Crippen molar-refractivity contribution >= 4 is 17.7 Å². The van der Waals surface area contributed by atoms with Crippen LogP contribution >= 0.6 is 11.8 Å². The minimum absolute atomic E-state index is 0.0252. The Morgan fingerprint density at radius 3 is 3.11 bits per heavy atom. The molecular formula is C11H18N4O2S. The Bertz CT molecular complexity index is 406. The number of carbonyl (C=O) groups is 1. The number of rotatable bonds is 7. The van der Waals surface area contributed by atoms with Crippen molar-refractivity contribution in [2.45, 2.75) is 36.9 Å². The van der Waals surface area contributed by atoms with Crippen LogP contribution in [-0.2, 0) is 9.53 Å². The van der Waals surface area contributed by atoms with Crippen molar-refractivity contribution in [1.82, 2.24) is 20.5 Å². The Morgan fingerprint density at radius 2 is 2.44 bits per heavy atom. The largest absolute Gasteiger partial charge is 0.383 e. The molecule has 2 rings (SSSR count). The summed E-state index contributed by atoms with van der Waals surface area (Å²) in [5, 5.41) is 10.5. The smallest absolute Gasteiger partial charge is 0.230 e. The van der Waals surface area contributed by atoms with E-state index in [0.29, 0.717) is 23.4 Å². The lowest BCUT2D eigenvalue weighted by Gasteiger charge is -2.11. The third-order valence-corrected chi connectivity index (χ3v) is 3.45. The SMILES string of the molecule is COCC(C)NC(=O)CSc1n[nH]c(C2CC2)n1. The van der Waals surface area contributed by atoms with E-state index in [9.17, 15) is 4.79 Å². The molecule has 1 fully saturated rings. The standard InChI is InChI=1S/C11H18N4O2S/c1-7(5-17-2)12-9(16)6-18-11-13-10(14-15-11)8-3-4-8/h7-8H,3-6H2,1-2H3,(H,12,16)(H,13,14,15). The zero-order chi connectivity index (χ0) is 13.0. The summed E-state index contributed by atoms with van der Waals surface area (Å²) in [6.45, 7) is 2.42. The third kappa shape index (κ3) is 3.99. The number of thioether (sulfide) groups is 1. The van der Waals surface area contributed by atoms with E-state index in [1.165, 1.54) is 24.6 Å². The molecule has 100 valence electrons. The summed E-state index contributed by atoms with van der Waals surface area (Å²) in [4.78, 5) is 16.0. The molecule has 1 aliphatic carbocycles. The highest BCUT2D eigenvalue weighted by Gasteiger charge is 2.27. The quantitative estimate of drug-likeness (QED) is 0.720. The fraction of sp³-hybridized carbons (Fsp3) is 0.727. The van der Waals surface area contributed by atoms with Crippen LogP contribution in [0.1, 0.15) is 31.5 Å². The first-order chi connectivity index (χ1) is 8.69. The number of hydrogen-bond acceptors (Lipinski definition) is 5. The van der Waals surface area contributed by atoms with E-state index < -0.39 is 0 Å². The van der Waals surface area contributed by atoms with Crippen LogP contribution in [0.15, 0.2) is 5.16 Å². The van der Waals surface area contributed by atoms with E-state index in [4.69, 9.17) is 4.74 Å². The van der Waals surface area contributed by atoms with Gasteiger partial charge in [-0.05, 0) is 19.8 Å². The topological polar surface area (TPSA) is 79.9 Å². The molecule has 0 aliphatic heterocycles. The van der Waals surface area contributed by atoms with Gasteiger partial charge in [0, 0.05) is 19.1 Å². The van der Waals surface area contributed by atoms with Gasteiger partial charge in [0.15, 0.2) is 0 Å². The van der Waals surface area contributed by atoms with Gasteiger partial charge >= 0.3 is 0 Å². The maximum absolute atomic E-state index is 11.6. The maximum Gasteiger partial charge on any atom is 0.230 e. The molecule has 1 saturated carbocycles. The normalized spacial score (nSPS) is 16.6. The van der Waals surface area contributed by atoms with Gasteiger partial charge in [0.1, 0.15) is 5.82 Å². The van der Waals surface area contributed by atoms with Gasteiger partial charge in [0.05, 0.1) is 12.4 Å². The molecule has 7 heteroatoms. The molecule has 0 saturated heterocycles. The number of aromatic amines is 1. The summed E-state index contributed by atoms with van der Waals surface area (Å²) in [5.74, 6) is 1.81. The van der Waals surface area contributed by atoms with Crippen LogP contribution in [-0.4, -0.2) is 46.6 Å². The van der Waals surface area contributed by atoms with Crippen LogP contribution in [0, 0.1) is 0 Å². The summed E-state index contributed by atoms with van der Waals surface area (Å²) in [5.41, 5.74) is 0. The van der Waals surface area contributed by atoms with Gasteiger partial charge in [-0.3, -0.25) is 9.89 Å². The molecule has 1 atom stereocenters. The van der Waals surface area contributed by atoms with Gasteiger partial charge in [-0.15, -0.1) is 5.10 Å². The summed E-state index contributed by atoms with van der Waals surface area (Å²) in [6.07, 6.45) is 2.38. The van der Waals surface area contributed by atoms with E-state index in [0.717, 1.165) is 5.82 Å². The number of hydrogen-bond donors (Lipinski definition) is 2. The Morgan fingerprint density at radius 1 is 1.67 bits per heavy atom. The monoisotopic (exact) mass is 270 g/mol. The highest BCUT2D eigenvalue weighted by molar-refractivity contribution is 7.99. The van der Waals surface area contributed by atoms with Gasteiger partial charge < -0.3 is 10.1 Å². The molecule has 1 amide bonds. The molecule has 1 aromatic heterocycles.